The van der Waals surface area contributed by atoms with Crippen LogP contribution in [-0.4, -0.2) is 11.1 Å². The zero-order valence-electron chi connectivity index (χ0n) is 19.8. The maximum Gasteiger partial charge on any atom is 0.343 e. The molecule has 0 amide bonds. The second kappa shape index (κ2) is 10.4. The smallest absolute Gasteiger partial charge is 0.343 e. The Hall–Kier alpha value is -3.26. The standard InChI is InChI=1S/C28H25F5O3/c1-14-3-12-23(27(33)24(14)30)36-28(35)18-8-9-20(22(29)13-18)16-4-6-17(7-5-16)21-11-10-19(15(2)34)25(31)26(21)32/h3,8-13,15-17,34H,4-7H2,1-2H3. The molecule has 0 bridgehead atoms. The van der Waals surface area contributed by atoms with Gasteiger partial charge >= 0.3 is 5.97 Å². The molecule has 1 saturated carbocycles. The van der Waals surface area contributed by atoms with Gasteiger partial charge in [-0.05, 0) is 86.3 Å². The lowest BCUT2D eigenvalue weighted by atomic mass is 9.75. The van der Waals surface area contributed by atoms with Crippen LogP contribution in [0.2, 0.25) is 0 Å². The molecule has 0 spiro atoms. The monoisotopic (exact) mass is 504 g/mol. The fourth-order valence-electron chi connectivity index (χ4n) is 4.78. The Morgan fingerprint density at radius 1 is 0.833 bits per heavy atom. The molecule has 1 aliphatic rings. The molecule has 1 unspecified atom stereocenters. The predicted molar refractivity (Wildman–Crippen MR) is 123 cm³/mol. The van der Waals surface area contributed by atoms with Crippen molar-refractivity contribution >= 4 is 5.97 Å². The average Bonchev–Trinajstić information content (AvgIpc) is 2.86. The third-order valence-corrected chi connectivity index (χ3v) is 6.88. The van der Waals surface area contributed by atoms with Crippen molar-refractivity contribution in [2.24, 2.45) is 0 Å². The number of aliphatic hydroxyl groups is 1. The van der Waals surface area contributed by atoms with Gasteiger partial charge in [-0.3, -0.25) is 0 Å². The van der Waals surface area contributed by atoms with Crippen LogP contribution in [0, 0.1) is 36.0 Å². The number of ether oxygens (including phenoxy) is 1. The number of hydrogen-bond donors (Lipinski definition) is 1. The van der Waals surface area contributed by atoms with E-state index < -0.39 is 46.9 Å². The zero-order chi connectivity index (χ0) is 26.1. The molecule has 1 aliphatic carbocycles. The number of carbonyl (C=O) groups excluding carboxylic acids is 1. The summed E-state index contributed by atoms with van der Waals surface area (Å²) < 4.78 is 76.4. The van der Waals surface area contributed by atoms with E-state index in [1.165, 1.54) is 44.2 Å². The highest BCUT2D eigenvalue weighted by Crippen LogP contribution is 2.42. The van der Waals surface area contributed by atoms with E-state index in [0.717, 1.165) is 12.1 Å². The number of hydrogen-bond acceptors (Lipinski definition) is 3. The van der Waals surface area contributed by atoms with Gasteiger partial charge in [0.05, 0.1) is 11.7 Å². The second-order valence-electron chi connectivity index (χ2n) is 9.23. The number of halogens is 5. The maximum atomic E-state index is 14.9. The van der Waals surface area contributed by atoms with Crippen molar-refractivity contribution in [1.82, 2.24) is 0 Å². The Kier molecular flexibility index (Phi) is 7.45. The minimum absolute atomic E-state index is 0.0575. The van der Waals surface area contributed by atoms with Crippen LogP contribution in [0.3, 0.4) is 0 Å². The highest BCUT2D eigenvalue weighted by atomic mass is 19.2. The lowest BCUT2D eigenvalue weighted by Gasteiger charge is -2.30. The molecule has 4 rings (SSSR count). The Bertz CT molecular complexity index is 1300. The van der Waals surface area contributed by atoms with E-state index in [4.69, 9.17) is 4.74 Å². The van der Waals surface area contributed by atoms with Crippen LogP contribution in [0.25, 0.3) is 0 Å². The first-order valence-corrected chi connectivity index (χ1v) is 11.7. The molecule has 3 aromatic rings. The molecule has 3 nitrogen and oxygen atoms in total. The van der Waals surface area contributed by atoms with Gasteiger partial charge in [-0.15, -0.1) is 0 Å². The van der Waals surface area contributed by atoms with Gasteiger partial charge in [0, 0.05) is 5.56 Å². The summed E-state index contributed by atoms with van der Waals surface area (Å²) in [6, 6.07) is 9.09. The first kappa shape index (κ1) is 25.8. The average molecular weight is 504 g/mol. The van der Waals surface area contributed by atoms with Gasteiger partial charge in [-0.1, -0.05) is 24.3 Å². The van der Waals surface area contributed by atoms with Gasteiger partial charge in [-0.2, -0.15) is 4.39 Å². The molecule has 3 aromatic carbocycles. The largest absolute Gasteiger partial charge is 0.420 e. The number of aryl methyl sites for hydroxylation is 1. The normalized spacial score (nSPS) is 18.7. The molecule has 0 radical (unpaired) electrons. The molecule has 0 heterocycles. The summed E-state index contributed by atoms with van der Waals surface area (Å²) in [6.07, 6.45) is 0.953. The Morgan fingerprint density at radius 2 is 1.44 bits per heavy atom. The van der Waals surface area contributed by atoms with Gasteiger partial charge in [0.25, 0.3) is 0 Å². The highest BCUT2D eigenvalue weighted by molar-refractivity contribution is 5.91. The summed E-state index contributed by atoms with van der Waals surface area (Å²) in [5.41, 5.74) is 0.436. The number of benzene rings is 3. The van der Waals surface area contributed by atoms with E-state index in [-0.39, 0.29) is 34.1 Å². The third-order valence-electron chi connectivity index (χ3n) is 6.88. The molecular weight excluding hydrogens is 479 g/mol. The predicted octanol–water partition coefficient (Wildman–Crippen LogP) is 7.40. The van der Waals surface area contributed by atoms with Crippen LogP contribution in [0.1, 0.15) is 83.2 Å². The van der Waals surface area contributed by atoms with Crippen molar-refractivity contribution in [1.29, 1.82) is 0 Å². The van der Waals surface area contributed by atoms with Crippen LogP contribution in [0.4, 0.5) is 22.0 Å². The lowest BCUT2D eigenvalue weighted by molar-refractivity contribution is 0.0726. The number of carbonyl (C=O) groups is 1. The van der Waals surface area contributed by atoms with Crippen molar-refractivity contribution in [2.45, 2.75) is 57.5 Å². The Labute approximate surface area is 205 Å². The van der Waals surface area contributed by atoms with Gasteiger partial charge in [-0.25, -0.2) is 22.4 Å². The Morgan fingerprint density at radius 3 is 2.06 bits per heavy atom. The molecule has 1 N–H and O–H groups in total. The molecular formula is C28H25F5O3. The molecule has 1 fully saturated rings. The lowest BCUT2D eigenvalue weighted by Crippen LogP contribution is -2.16. The molecule has 1 atom stereocenters. The van der Waals surface area contributed by atoms with Crippen LogP contribution >= 0.6 is 0 Å². The fraction of sp³-hybridized carbons (Fsp3) is 0.321. The van der Waals surface area contributed by atoms with E-state index in [2.05, 4.69) is 0 Å². The van der Waals surface area contributed by atoms with Crippen LogP contribution in [0.15, 0.2) is 42.5 Å². The second-order valence-corrected chi connectivity index (χ2v) is 9.23. The summed E-state index contributed by atoms with van der Waals surface area (Å²) in [5.74, 6) is -7.10. The first-order valence-electron chi connectivity index (χ1n) is 11.7. The molecule has 36 heavy (non-hydrogen) atoms. The quantitative estimate of drug-likeness (QED) is 0.224. The summed E-state index contributed by atoms with van der Waals surface area (Å²) in [7, 11) is 0. The van der Waals surface area contributed by atoms with Gasteiger partial charge < -0.3 is 9.84 Å². The number of rotatable bonds is 5. The van der Waals surface area contributed by atoms with Crippen LogP contribution < -0.4 is 4.74 Å². The molecule has 8 heteroatoms. The van der Waals surface area contributed by atoms with Crippen LogP contribution in [0.5, 0.6) is 5.75 Å². The topological polar surface area (TPSA) is 46.5 Å². The van der Waals surface area contributed by atoms with E-state index in [9.17, 15) is 31.9 Å². The van der Waals surface area contributed by atoms with Crippen LogP contribution in [-0.2, 0) is 0 Å². The van der Waals surface area contributed by atoms with E-state index in [1.54, 1.807) is 0 Å². The van der Waals surface area contributed by atoms with Crippen molar-refractivity contribution in [3.63, 3.8) is 0 Å². The SMILES string of the molecule is Cc1ccc(OC(=O)c2ccc(C3CCC(c4ccc(C(C)O)c(F)c4F)CC3)c(F)c2)c(F)c1F. The summed E-state index contributed by atoms with van der Waals surface area (Å²) >= 11 is 0. The zero-order valence-corrected chi connectivity index (χ0v) is 19.8. The van der Waals surface area contributed by atoms with Gasteiger partial charge in [0.1, 0.15) is 5.82 Å². The minimum Gasteiger partial charge on any atom is -0.420 e. The van der Waals surface area contributed by atoms with Crippen molar-refractivity contribution in [3.05, 3.63) is 99.4 Å². The minimum atomic E-state index is -1.30. The number of aliphatic hydroxyl groups excluding tert-OH is 1. The maximum absolute atomic E-state index is 14.9. The van der Waals surface area contributed by atoms with Crippen molar-refractivity contribution < 1.29 is 36.6 Å². The molecule has 190 valence electrons. The third kappa shape index (κ3) is 5.00. The summed E-state index contributed by atoms with van der Waals surface area (Å²) in [5, 5.41) is 9.57. The van der Waals surface area contributed by atoms with E-state index in [1.807, 2.05) is 0 Å². The highest BCUT2D eigenvalue weighted by Gasteiger charge is 2.29. The summed E-state index contributed by atoms with van der Waals surface area (Å²) in [6.45, 7) is 2.73. The number of esters is 1. The van der Waals surface area contributed by atoms with Gasteiger partial charge in [0.2, 0.25) is 5.82 Å². The van der Waals surface area contributed by atoms with Crippen molar-refractivity contribution in [2.75, 3.05) is 0 Å². The fourth-order valence-corrected chi connectivity index (χ4v) is 4.78. The Balaban J connectivity index is 1.44. The molecule has 0 aliphatic heterocycles. The molecule has 0 aromatic heterocycles. The van der Waals surface area contributed by atoms with E-state index in [0.29, 0.717) is 31.2 Å². The molecule has 0 saturated heterocycles. The van der Waals surface area contributed by atoms with E-state index >= 15 is 0 Å². The van der Waals surface area contributed by atoms with Gasteiger partial charge in [0.15, 0.2) is 23.2 Å². The van der Waals surface area contributed by atoms with Crippen molar-refractivity contribution in [3.8, 4) is 5.75 Å². The summed E-state index contributed by atoms with van der Waals surface area (Å²) in [4.78, 5) is 12.4. The first-order chi connectivity index (χ1) is 17.1.